The van der Waals surface area contributed by atoms with E-state index in [1.54, 1.807) is 0 Å². The summed E-state index contributed by atoms with van der Waals surface area (Å²) in [5.41, 5.74) is 6.23. The van der Waals surface area contributed by atoms with Crippen LogP contribution in [-0.4, -0.2) is 20.5 Å². The van der Waals surface area contributed by atoms with Crippen LogP contribution in [-0.2, 0) is 33.0 Å². The van der Waals surface area contributed by atoms with Crippen LogP contribution in [0.1, 0.15) is 28.9 Å². The Morgan fingerprint density at radius 1 is 1.00 bits per heavy atom. The number of fused-ring (bicyclic) bond motifs is 2. The number of hydrogen-bond donors (Lipinski definition) is 0. The van der Waals surface area contributed by atoms with Gasteiger partial charge in [0.1, 0.15) is 5.82 Å². The molecule has 2 aliphatic rings. The van der Waals surface area contributed by atoms with Crippen LogP contribution in [0.2, 0.25) is 10.0 Å². The molecule has 2 heterocycles. The largest absolute Gasteiger partial charge is 0.331 e. The predicted molar refractivity (Wildman–Crippen MR) is 110 cm³/mol. The van der Waals surface area contributed by atoms with Crippen molar-refractivity contribution in [3.8, 4) is 11.4 Å². The van der Waals surface area contributed by atoms with Crippen LogP contribution in [0.4, 0.5) is 0 Å². The average molecular weight is 398 g/mol. The van der Waals surface area contributed by atoms with Gasteiger partial charge in [0, 0.05) is 48.9 Å². The molecular formula is C22H21Cl2N3. The first-order chi connectivity index (χ1) is 13.1. The lowest BCUT2D eigenvalue weighted by Gasteiger charge is -2.31. The third-order valence-electron chi connectivity index (χ3n) is 6.02. The Bertz CT molecular complexity index is 1020. The number of imidazole rings is 1. The van der Waals surface area contributed by atoms with E-state index < -0.39 is 0 Å². The summed E-state index contributed by atoms with van der Waals surface area (Å²) < 4.78 is 2.24. The molecule has 0 saturated heterocycles. The number of aromatic nitrogens is 2. The summed E-state index contributed by atoms with van der Waals surface area (Å²) in [4.78, 5) is 7.51. The van der Waals surface area contributed by atoms with E-state index in [1.165, 1.54) is 22.5 Å². The quantitative estimate of drug-likeness (QED) is 0.587. The van der Waals surface area contributed by atoms with E-state index in [2.05, 4.69) is 28.6 Å². The van der Waals surface area contributed by atoms with Gasteiger partial charge in [-0.1, -0.05) is 47.5 Å². The number of nitrogens with zero attached hydrogens (tertiary/aromatic N) is 3. The van der Waals surface area contributed by atoms with Crippen molar-refractivity contribution < 1.29 is 0 Å². The normalized spacial score (nSPS) is 19.1. The molecule has 3 aromatic rings. The minimum absolute atomic E-state index is 0.524. The van der Waals surface area contributed by atoms with Gasteiger partial charge in [-0.15, -0.1) is 0 Å². The zero-order valence-corrected chi connectivity index (χ0v) is 16.8. The fourth-order valence-electron chi connectivity index (χ4n) is 4.53. The summed E-state index contributed by atoms with van der Waals surface area (Å²) in [5, 5.41) is 1.65. The molecule has 1 aliphatic carbocycles. The fourth-order valence-corrected chi connectivity index (χ4v) is 5.01. The van der Waals surface area contributed by atoms with Crippen LogP contribution in [0.25, 0.3) is 11.4 Å². The summed E-state index contributed by atoms with van der Waals surface area (Å²) in [7, 11) is 2.11. The number of halogens is 2. The van der Waals surface area contributed by atoms with Crippen molar-refractivity contribution >= 4 is 23.2 Å². The second-order valence-corrected chi connectivity index (χ2v) is 8.36. The molecule has 5 heteroatoms. The third-order valence-corrected chi connectivity index (χ3v) is 6.71. The molecule has 0 N–H and O–H groups in total. The van der Waals surface area contributed by atoms with Gasteiger partial charge in [0.05, 0.1) is 10.7 Å². The van der Waals surface area contributed by atoms with Crippen LogP contribution in [0, 0.1) is 0 Å². The highest BCUT2D eigenvalue weighted by molar-refractivity contribution is 6.33. The molecule has 0 bridgehead atoms. The number of benzene rings is 2. The molecule has 0 fully saturated rings. The van der Waals surface area contributed by atoms with Gasteiger partial charge in [-0.25, -0.2) is 4.98 Å². The molecule has 1 atom stereocenters. The van der Waals surface area contributed by atoms with Crippen molar-refractivity contribution in [2.75, 3.05) is 0 Å². The Hall–Kier alpha value is -1.81. The molecule has 0 amide bonds. The van der Waals surface area contributed by atoms with E-state index in [9.17, 15) is 0 Å². The van der Waals surface area contributed by atoms with Crippen LogP contribution in [0.5, 0.6) is 0 Å². The molecule has 5 rings (SSSR count). The van der Waals surface area contributed by atoms with E-state index in [0.717, 1.165) is 53.8 Å². The highest BCUT2D eigenvalue weighted by atomic mass is 35.5. The van der Waals surface area contributed by atoms with Gasteiger partial charge < -0.3 is 4.57 Å². The molecule has 1 aromatic heterocycles. The van der Waals surface area contributed by atoms with Crippen LogP contribution >= 0.6 is 23.2 Å². The maximum absolute atomic E-state index is 6.42. The molecule has 0 saturated carbocycles. The van der Waals surface area contributed by atoms with Gasteiger partial charge >= 0.3 is 0 Å². The summed E-state index contributed by atoms with van der Waals surface area (Å²) in [5.74, 6) is 0.971. The summed E-state index contributed by atoms with van der Waals surface area (Å²) in [6, 6.07) is 14.7. The van der Waals surface area contributed by atoms with E-state index in [4.69, 9.17) is 28.2 Å². The molecule has 27 heavy (non-hydrogen) atoms. The summed E-state index contributed by atoms with van der Waals surface area (Å²) in [6.45, 7) is 1.94. The lowest BCUT2D eigenvalue weighted by molar-refractivity contribution is 0.179. The van der Waals surface area contributed by atoms with Gasteiger partial charge in [-0.2, -0.15) is 0 Å². The minimum atomic E-state index is 0.524. The zero-order valence-electron chi connectivity index (χ0n) is 15.3. The minimum Gasteiger partial charge on any atom is -0.331 e. The second kappa shape index (κ2) is 6.66. The maximum atomic E-state index is 6.42. The Morgan fingerprint density at radius 3 is 2.63 bits per heavy atom. The zero-order chi connectivity index (χ0) is 18.5. The van der Waals surface area contributed by atoms with E-state index in [0.29, 0.717) is 6.04 Å². The highest BCUT2D eigenvalue weighted by Gasteiger charge is 2.32. The lowest BCUT2D eigenvalue weighted by Crippen LogP contribution is -2.36. The second-order valence-electron chi connectivity index (χ2n) is 7.55. The number of rotatable bonds is 2. The molecule has 0 spiro atoms. The Kier molecular flexibility index (Phi) is 4.27. The van der Waals surface area contributed by atoms with E-state index in [-0.39, 0.29) is 0 Å². The van der Waals surface area contributed by atoms with Gasteiger partial charge in [0.25, 0.3) is 0 Å². The first-order valence-corrected chi connectivity index (χ1v) is 10.2. The Balaban J connectivity index is 1.43. The monoisotopic (exact) mass is 397 g/mol. The average Bonchev–Trinajstić information content (AvgIpc) is 3.25. The molecule has 3 nitrogen and oxygen atoms in total. The highest BCUT2D eigenvalue weighted by Crippen LogP contribution is 2.36. The third kappa shape index (κ3) is 2.89. The SMILES string of the molecule is Cn1c(-c2ccccc2Cl)nc2c1CC(N1Cc3cccc(Cl)c3C1)CC2. The number of aryl methyl sites for hydroxylation is 1. The Labute approximate surface area is 169 Å². The summed E-state index contributed by atoms with van der Waals surface area (Å²) in [6.07, 6.45) is 3.17. The van der Waals surface area contributed by atoms with Gasteiger partial charge in [0.15, 0.2) is 0 Å². The van der Waals surface area contributed by atoms with E-state index in [1.807, 2.05) is 30.3 Å². The van der Waals surface area contributed by atoms with Gasteiger partial charge in [0.2, 0.25) is 0 Å². The first-order valence-electron chi connectivity index (χ1n) is 9.41. The lowest BCUT2D eigenvalue weighted by atomic mass is 9.94. The first kappa shape index (κ1) is 17.3. The molecular weight excluding hydrogens is 377 g/mol. The topological polar surface area (TPSA) is 21.1 Å². The van der Waals surface area contributed by atoms with Crippen LogP contribution in [0.3, 0.4) is 0 Å². The van der Waals surface area contributed by atoms with Crippen molar-refractivity contribution in [1.29, 1.82) is 0 Å². The number of hydrogen-bond acceptors (Lipinski definition) is 2. The van der Waals surface area contributed by atoms with Crippen LogP contribution < -0.4 is 0 Å². The molecule has 1 unspecified atom stereocenters. The van der Waals surface area contributed by atoms with Crippen molar-refractivity contribution in [3.05, 3.63) is 75.0 Å². The summed E-state index contributed by atoms with van der Waals surface area (Å²) >= 11 is 12.8. The fraction of sp³-hybridized carbons (Fsp3) is 0.318. The molecule has 2 aromatic carbocycles. The van der Waals surface area contributed by atoms with Crippen molar-refractivity contribution in [2.24, 2.45) is 7.05 Å². The van der Waals surface area contributed by atoms with Crippen molar-refractivity contribution in [2.45, 2.75) is 38.4 Å². The molecule has 1 aliphatic heterocycles. The maximum Gasteiger partial charge on any atom is 0.141 e. The standard InChI is InChI=1S/C22H21Cl2N3/c1-26-21-11-15(27-12-14-5-4-8-19(24)17(14)13-27)9-10-20(21)25-22(26)16-6-2-3-7-18(16)23/h2-8,15H,9-13H2,1H3. The van der Waals surface area contributed by atoms with Gasteiger partial charge in [-0.3, -0.25) is 4.90 Å². The smallest absolute Gasteiger partial charge is 0.141 e. The van der Waals surface area contributed by atoms with Gasteiger partial charge in [-0.05, 0) is 42.2 Å². The van der Waals surface area contributed by atoms with Crippen LogP contribution in [0.15, 0.2) is 42.5 Å². The molecule has 138 valence electrons. The van der Waals surface area contributed by atoms with Crippen molar-refractivity contribution in [1.82, 2.24) is 14.5 Å². The Morgan fingerprint density at radius 2 is 1.81 bits per heavy atom. The predicted octanol–water partition coefficient (Wildman–Crippen LogP) is 5.27. The molecule has 0 radical (unpaired) electrons. The van der Waals surface area contributed by atoms with Crippen molar-refractivity contribution in [3.63, 3.8) is 0 Å². The van der Waals surface area contributed by atoms with E-state index >= 15 is 0 Å².